The van der Waals surface area contributed by atoms with Crippen LogP contribution in [0.1, 0.15) is 12.8 Å². The molecule has 2 saturated heterocycles. The molecule has 0 aromatic rings. The molecule has 0 amide bonds. The van der Waals surface area contributed by atoms with Crippen LogP contribution in [0.5, 0.6) is 0 Å². The predicted octanol–water partition coefficient (Wildman–Crippen LogP) is 0.835. The Morgan fingerprint density at radius 2 is 2.17 bits per heavy atom. The number of fused-ring (bicyclic) bond motifs is 2. The van der Waals surface area contributed by atoms with E-state index in [1.165, 1.54) is 6.42 Å². The number of aliphatic carboxylic acids is 1. The normalized spacial score (nSPS) is 38.8. The zero-order valence-corrected chi connectivity index (χ0v) is 7.72. The van der Waals surface area contributed by atoms with Crippen molar-refractivity contribution >= 4 is 18.4 Å². The van der Waals surface area contributed by atoms with Crippen molar-refractivity contribution in [1.29, 1.82) is 0 Å². The number of halogens is 1. The highest BCUT2D eigenvalue weighted by Gasteiger charge is 2.39. The van der Waals surface area contributed by atoms with Gasteiger partial charge in [-0.1, -0.05) is 0 Å². The van der Waals surface area contributed by atoms with E-state index < -0.39 is 5.97 Å². The second kappa shape index (κ2) is 3.62. The Kier molecular flexibility index (Phi) is 2.96. The maximum atomic E-state index is 10.7. The van der Waals surface area contributed by atoms with Crippen molar-refractivity contribution in [2.75, 3.05) is 19.6 Å². The number of hydrogen-bond donors (Lipinski definition) is 1. The summed E-state index contributed by atoms with van der Waals surface area (Å²) in [6.07, 6.45) is 2.31. The molecule has 0 spiro atoms. The minimum atomic E-state index is -0.598. The van der Waals surface area contributed by atoms with Gasteiger partial charge in [-0.15, -0.1) is 12.4 Å². The third-order valence-electron chi connectivity index (χ3n) is 2.88. The Labute approximate surface area is 78.2 Å². The molecule has 4 heteroatoms. The second-order valence-electron chi connectivity index (χ2n) is 3.61. The van der Waals surface area contributed by atoms with Gasteiger partial charge in [-0.2, -0.15) is 0 Å². The SMILES string of the molecule is Cl.O=C(O)C1CN2CCCC1C2. The van der Waals surface area contributed by atoms with Crippen LogP contribution in [0, 0.1) is 11.8 Å². The zero-order valence-electron chi connectivity index (χ0n) is 6.90. The lowest BCUT2D eigenvalue weighted by Crippen LogP contribution is -2.25. The fraction of sp³-hybridized carbons (Fsp3) is 0.875. The van der Waals surface area contributed by atoms with Crippen molar-refractivity contribution in [3.8, 4) is 0 Å². The summed E-state index contributed by atoms with van der Waals surface area (Å²) in [6, 6.07) is 0. The lowest BCUT2D eigenvalue weighted by molar-refractivity contribution is -0.142. The quantitative estimate of drug-likeness (QED) is 0.668. The van der Waals surface area contributed by atoms with E-state index in [4.69, 9.17) is 5.11 Å². The topological polar surface area (TPSA) is 40.5 Å². The van der Waals surface area contributed by atoms with E-state index in [1.54, 1.807) is 0 Å². The van der Waals surface area contributed by atoms with Crippen molar-refractivity contribution in [2.24, 2.45) is 11.8 Å². The van der Waals surface area contributed by atoms with Crippen molar-refractivity contribution in [1.82, 2.24) is 4.90 Å². The first kappa shape index (κ1) is 9.81. The van der Waals surface area contributed by atoms with Crippen LogP contribution < -0.4 is 0 Å². The highest BCUT2D eigenvalue weighted by Crippen LogP contribution is 2.31. The van der Waals surface area contributed by atoms with E-state index in [0.717, 1.165) is 26.1 Å². The smallest absolute Gasteiger partial charge is 0.308 e. The molecule has 2 bridgehead atoms. The molecule has 2 aliphatic rings. The summed E-state index contributed by atoms with van der Waals surface area (Å²) in [5, 5.41) is 8.83. The van der Waals surface area contributed by atoms with Crippen molar-refractivity contribution in [3.05, 3.63) is 0 Å². The molecule has 0 aromatic carbocycles. The van der Waals surface area contributed by atoms with Crippen molar-refractivity contribution in [2.45, 2.75) is 12.8 Å². The molecule has 2 rings (SSSR count). The van der Waals surface area contributed by atoms with Gasteiger partial charge >= 0.3 is 5.97 Å². The van der Waals surface area contributed by atoms with Crippen LogP contribution in [-0.2, 0) is 4.79 Å². The molecule has 2 fully saturated rings. The van der Waals surface area contributed by atoms with Gasteiger partial charge in [-0.25, -0.2) is 0 Å². The van der Waals surface area contributed by atoms with Crippen LogP contribution in [0.25, 0.3) is 0 Å². The van der Waals surface area contributed by atoms with E-state index in [9.17, 15) is 4.79 Å². The van der Waals surface area contributed by atoms with Gasteiger partial charge in [0.1, 0.15) is 0 Å². The maximum Gasteiger partial charge on any atom is 0.308 e. The summed E-state index contributed by atoms with van der Waals surface area (Å²) in [7, 11) is 0. The van der Waals surface area contributed by atoms with Crippen molar-refractivity contribution in [3.63, 3.8) is 0 Å². The maximum absolute atomic E-state index is 10.7. The van der Waals surface area contributed by atoms with Gasteiger partial charge in [-0.3, -0.25) is 4.79 Å². The lowest BCUT2D eigenvalue weighted by Gasteiger charge is -2.21. The fourth-order valence-electron chi connectivity index (χ4n) is 2.29. The first-order valence-corrected chi connectivity index (χ1v) is 4.22. The average Bonchev–Trinajstić information content (AvgIpc) is 2.27. The zero-order chi connectivity index (χ0) is 7.84. The summed E-state index contributed by atoms with van der Waals surface area (Å²) in [4.78, 5) is 13.0. The van der Waals surface area contributed by atoms with Crippen LogP contribution in [0.4, 0.5) is 0 Å². The van der Waals surface area contributed by atoms with Gasteiger partial charge < -0.3 is 10.0 Å². The Morgan fingerprint density at radius 1 is 1.42 bits per heavy atom. The van der Waals surface area contributed by atoms with Gasteiger partial charge in [0.15, 0.2) is 0 Å². The van der Waals surface area contributed by atoms with Gasteiger partial charge in [0.05, 0.1) is 5.92 Å². The number of hydrogen-bond acceptors (Lipinski definition) is 2. The first-order chi connectivity index (χ1) is 5.27. The third kappa shape index (κ3) is 1.57. The molecule has 12 heavy (non-hydrogen) atoms. The van der Waals surface area contributed by atoms with E-state index in [2.05, 4.69) is 4.90 Å². The van der Waals surface area contributed by atoms with Crippen LogP contribution >= 0.6 is 12.4 Å². The summed E-state index contributed by atoms with van der Waals surface area (Å²) >= 11 is 0. The second-order valence-corrected chi connectivity index (χ2v) is 3.61. The molecule has 2 aliphatic heterocycles. The molecule has 0 aliphatic carbocycles. The molecule has 1 N–H and O–H groups in total. The minimum Gasteiger partial charge on any atom is -0.481 e. The monoisotopic (exact) mass is 191 g/mol. The van der Waals surface area contributed by atoms with Gasteiger partial charge in [0.2, 0.25) is 0 Å². The van der Waals surface area contributed by atoms with Gasteiger partial charge in [0, 0.05) is 13.1 Å². The standard InChI is InChI=1S/C8H13NO2.ClH/c10-8(11)7-5-9-3-1-2-6(7)4-9;/h6-7H,1-5H2,(H,10,11);1H. The minimum absolute atomic E-state index is 0. The Bertz CT molecular complexity index is 186. The number of carbonyl (C=O) groups is 1. The largest absolute Gasteiger partial charge is 0.481 e. The highest BCUT2D eigenvalue weighted by molar-refractivity contribution is 5.85. The molecule has 0 saturated carbocycles. The van der Waals surface area contributed by atoms with Crippen molar-refractivity contribution < 1.29 is 9.90 Å². The fourth-order valence-corrected chi connectivity index (χ4v) is 2.29. The van der Waals surface area contributed by atoms with Gasteiger partial charge in [0.25, 0.3) is 0 Å². The number of rotatable bonds is 1. The Balaban J connectivity index is 0.000000720. The number of piperidine rings is 1. The van der Waals surface area contributed by atoms with Crippen LogP contribution in [0.3, 0.4) is 0 Å². The first-order valence-electron chi connectivity index (χ1n) is 4.22. The van der Waals surface area contributed by atoms with E-state index in [1.807, 2.05) is 0 Å². The van der Waals surface area contributed by atoms with Gasteiger partial charge in [-0.05, 0) is 25.3 Å². The summed E-state index contributed by atoms with van der Waals surface area (Å²) < 4.78 is 0. The molecular weight excluding hydrogens is 178 g/mol. The molecule has 70 valence electrons. The van der Waals surface area contributed by atoms with E-state index in [0.29, 0.717) is 5.92 Å². The number of nitrogens with zero attached hydrogens (tertiary/aromatic N) is 1. The molecule has 3 atom stereocenters. The molecule has 2 heterocycles. The number of carboxylic acids is 1. The summed E-state index contributed by atoms with van der Waals surface area (Å²) in [6.45, 7) is 2.93. The average molecular weight is 192 g/mol. The summed E-state index contributed by atoms with van der Waals surface area (Å²) in [5.41, 5.74) is 0. The molecular formula is C8H14ClNO2. The Hall–Kier alpha value is -0.280. The molecule has 3 unspecified atom stereocenters. The van der Waals surface area contributed by atoms with Crippen LogP contribution in [0.2, 0.25) is 0 Å². The molecule has 0 radical (unpaired) electrons. The number of carboxylic acid groups (broad SMARTS) is 1. The Morgan fingerprint density at radius 3 is 2.75 bits per heavy atom. The van der Waals surface area contributed by atoms with Crippen LogP contribution in [0.15, 0.2) is 0 Å². The lowest BCUT2D eigenvalue weighted by atomic mass is 9.91. The van der Waals surface area contributed by atoms with E-state index in [-0.39, 0.29) is 18.3 Å². The van der Waals surface area contributed by atoms with Crippen LogP contribution in [-0.4, -0.2) is 35.6 Å². The summed E-state index contributed by atoms with van der Waals surface area (Å²) in [5.74, 6) is -0.224. The molecule has 0 aromatic heterocycles. The predicted molar refractivity (Wildman–Crippen MR) is 47.5 cm³/mol. The highest BCUT2D eigenvalue weighted by atomic mass is 35.5. The van der Waals surface area contributed by atoms with E-state index >= 15 is 0 Å². The third-order valence-corrected chi connectivity index (χ3v) is 2.88. The molecule has 3 nitrogen and oxygen atoms in total.